The zero-order valence-electron chi connectivity index (χ0n) is 16.3. The van der Waals surface area contributed by atoms with Crippen LogP contribution >= 0.6 is 0 Å². The van der Waals surface area contributed by atoms with Gasteiger partial charge in [0, 0.05) is 11.8 Å². The summed E-state index contributed by atoms with van der Waals surface area (Å²) in [5.74, 6) is 1.01. The van der Waals surface area contributed by atoms with Crippen LogP contribution in [0.1, 0.15) is 26.7 Å². The normalized spacial score (nSPS) is 17.4. The first-order chi connectivity index (χ1) is 13.4. The highest BCUT2D eigenvalue weighted by molar-refractivity contribution is 5.93. The summed E-state index contributed by atoms with van der Waals surface area (Å²) in [5, 5.41) is 15.0. The molecule has 1 aromatic rings. The molecule has 0 aromatic heterocycles. The molecule has 150 valence electrons. The second-order valence-corrected chi connectivity index (χ2v) is 7.35. The number of nitrogens with zero attached hydrogens (tertiary/aromatic N) is 2. The third-order valence-corrected chi connectivity index (χ3v) is 5.03. The number of hydrogen-bond acceptors (Lipinski definition) is 6. The summed E-state index contributed by atoms with van der Waals surface area (Å²) in [5.41, 5.74) is -0.218. The van der Waals surface area contributed by atoms with Crippen molar-refractivity contribution in [3.8, 4) is 17.6 Å². The van der Waals surface area contributed by atoms with Gasteiger partial charge in [-0.3, -0.25) is 14.5 Å². The van der Waals surface area contributed by atoms with Crippen molar-refractivity contribution in [2.75, 3.05) is 38.2 Å². The molecule has 2 amide bonds. The Labute approximate surface area is 164 Å². The fourth-order valence-electron chi connectivity index (χ4n) is 3.22. The standard InChI is InChI=1S/C20H26N4O4/c1-3-24(12-19(26)23-20(2,13-21)14-4-5-14)11-18(25)22-15-6-7-16-17(10-15)28-9-8-27-16/h6-7,10,14H,3-5,8-9,11-12H2,1-2H3,(H,22,25)(H,23,26)/t20-/m1/s1. The topological polar surface area (TPSA) is 104 Å². The molecule has 1 heterocycles. The Hall–Kier alpha value is -2.79. The van der Waals surface area contributed by atoms with Gasteiger partial charge in [0.05, 0.1) is 19.2 Å². The molecule has 1 aliphatic carbocycles. The second-order valence-electron chi connectivity index (χ2n) is 7.35. The summed E-state index contributed by atoms with van der Waals surface area (Å²) in [7, 11) is 0. The van der Waals surface area contributed by atoms with Crippen molar-refractivity contribution in [2.45, 2.75) is 32.2 Å². The number of nitrogens with one attached hydrogen (secondary N) is 2. The van der Waals surface area contributed by atoms with Crippen molar-refractivity contribution < 1.29 is 19.1 Å². The number of carbonyl (C=O) groups excluding carboxylic acids is 2. The van der Waals surface area contributed by atoms with Crippen LogP contribution in [0.15, 0.2) is 18.2 Å². The molecule has 1 atom stereocenters. The number of hydrogen-bond donors (Lipinski definition) is 2. The fourth-order valence-corrected chi connectivity index (χ4v) is 3.22. The summed E-state index contributed by atoms with van der Waals surface area (Å²) >= 11 is 0. The fraction of sp³-hybridized carbons (Fsp3) is 0.550. The van der Waals surface area contributed by atoms with Crippen LogP contribution in [0.2, 0.25) is 0 Å². The molecule has 1 saturated carbocycles. The molecule has 2 N–H and O–H groups in total. The minimum Gasteiger partial charge on any atom is -0.486 e. The first kappa shape index (κ1) is 20.0. The maximum atomic E-state index is 12.4. The predicted molar refractivity (Wildman–Crippen MR) is 103 cm³/mol. The zero-order valence-corrected chi connectivity index (χ0v) is 16.3. The van der Waals surface area contributed by atoms with E-state index in [0.717, 1.165) is 12.8 Å². The Bertz CT molecular complexity index is 787. The Morgan fingerprint density at radius 1 is 1.21 bits per heavy atom. The van der Waals surface area contributed by atoms with Crippen molar-refractivity contribution in [3.05, 3.63) is 18.2 Å². The lowest BCUT2D eigenvalue weighted by Gasteiger charge is -2.25. The number of anilines is 1. The van der Waals surface area contributed by atoms with Gasteiger partial charge in [0.25, 0.3) is 0 Å². The highest BCUT2D eigenvalue weighted by Gasteiger charge is 2.43. The molecule has 1 fully saturated rings. The molecule has 8 heteroatoms. The van der Waals surface area contributed by atoms with Crippen LogP contribution in [0, 0.1) is 17.2 Å². The zero-order chi connectivity index (χ0) is 20.1. The molecule has 0 bridgehead atoms. The molecule has 8 nitrogen and oxygen atoms in total. The maximum Gasteiger partial charge on any atom is 0.238 e. The molecule has 1 aliphatic heterocycles. The lowest BCUT2D eigenvalue weighted by molar-refractivity contribution is -0.124. The Morgan fingerprint density at radius 3 is 2.54 bits per heavy atom. The minimum atomic E-state index is -0.829. The van der Waals surface area contributed by atoms with Crippen molar-refractivity contribution in [3.63, 3.8) is 0 Å². The molecule has 1 aromatic carbocycles. The minimum absolute atomic E-state index is 0.0645. The predicted octanol–water partition coefficient (Wildman–Crippen LogP) is 1.53. The van der Waals surface area contributed by atoms with Crippen LogP contribution in [0.4, 0.5) is 5.69 Å². The molecule has 3 rings (SSSR count). The molecule has 0 spiro atoms. The molecule has 0 radical (unpaired) electrons. The lowest BCUT2D eigenvalue weighted by atomic mass is 9.98. The van der Waals surface area contributed by atoms with Gasteiger partial charge in [-0.1, -0.05) is 6.92 Å². The summed E-state index contributed by atoms with van der Waals surface area (Å²) in [4.78, 5) is 26.5. The Balaban J connectivity index is 1.51. The molecule has 0 saturated heterocycles. The molecule has 0 unspecified atom stereocenters. The van der Waals surface area contributed by atoms with E-state index in [1.54, 1.807) is 30.0 Å². The number of carbonyl (C=O) groups is 2. The number of rotatable bonds is 8. The highest BCUT2D eigenvalue weighted by Crippen LogP contribution is 2.39. The van der Waals surface area contributed by atoms with Crippen molar-refractivity contribution in [2.24, 2.45) is 5.92 Å². The van der Waals surface area contributed by atoms with Gasteiger partial charge >= 0.3 is 0 Å². The second kappa shape index (κ2) is 8.48. The van der Waals surface area contributed by atoms with E-state index in [-0.39, 0.29) is 30.8 Å². The van der Waals surface area contributed by atoms with E-state index in [1.165, 1.54) is 0 Å². The van der Waals surface area contributed by atoms with Gasteiger partial charge in [-0.15, -0.1) is 0 Å². The average Bonchev–Trinajstić information content (AvgIpc) is 3.53. The van der Waals surface area contributed by atoms with Gasteiger partial charge in [-0.25, -0.2) is 0 Å². The van der Waals surface area contributed by atoms with E-state index in [9.17, 15) is 14.9 Å². The van der Waals surface area contributed by atoms with Crippen molar-refractivity contribution >= 4 is 17.5 Å². The average molecular weight is 386 g/mol. The Morgan fingerprint density at radius 2 is 1.89 bits per heavy atom. The SMILES string of the molecule is CCN(CC(=O)Nc1ccc2c(c1)OCCO2)CC(=O)N[C@](C)(C#N)C1CC1. The van der Waals surface area contributed by atoms with E-state index in [4.69, 9.17) is 9.47 Å². The van der Waals surface area contributed by atoms with Crippen molar-refractivity contribution in [1.29, 1.82) is 5.26 Å². The number of likely N-dealkylation sites (N-methyl/N-ethyl adjacent to an activating group) is 1. The van der Waals surface area contributed by atoms with E-state index >= 15 is 0 Å². The number of nitriles is 1. The van der Waals surface area contributed by atoms with E-state index < -0.39 is 5.54 Å². The monoisotopic (exact) mass is 386 g/mol. The van der Waals surface area contributed by atoms with Crippen molar-refractivity contribution in [1.82, 2.24) is 10.2 Å². The molecule has 28 heavy (non-hydrogen) atoms. The van der Waals surface area contributed by atoms with Gasteiger partial charge in [0.15, 0.2) is 11.5 Å². The quantitative estimate of drug-likeness (QED) is 0.702. The van der Waals surface area contributed by atoms with Gasteiger partial charge < -0.3 is 20.1 Å². The van der Waals surface area contributed by atoms with E-state index in [2.05, 4.69) is 16.7 Å². The third-order valence-electron chi connectivity index (χ3n) is 5.03. The Kier molecular flexibility index (Phi) is 6.05. The summed E-state index contributed by atoms with van der Waals surface area (Å²) < 4.78 is 11.0. The van der Waals surface area contributed by atoms with Crippen LogP contribution < -0.4 is 20.1 Å². The number of ether oxygens (including phenoxy) is 2. The van der Waals surface area contributed by atoms with E-state index in [1.807, 2.05) is 6.92 Å². The third kappa shape index (κ3) is 4.93. The first-order valence-corrected chi connectivity index (χ1v) is 9.57. The molecular weight excluding hydrogens is 360 g/mol. The maximum absolute atomic E-state index is 12.4. The van der Waals surface area contributed by atoms with E-state index in [0.29, 0.717) is 36.9 Å². The number of benzene rings is 1. The summed E-state index contributed by atoms with van der Waals surface area (Å²) in [6.45, 7) is 5.31. The van der Waals surface area contributed by atoms with Crippen LogP contribution in [0.5, 0.6) is 11.5 Å². The van der Waals surface area contributed by atoms with Crippen LogP contribution in [0.3, 0.4) is 0 Å². The van der Waals surface area contributed by atoms with Crippen LogP contribution in [-0.4, -0.2) is 55.1 Å². The smallest absolute Gasteiger partial charge is 0.238 e. The highest BCUT2D eigenvalue weighted by atomic mass is 16.6. The largest absolute Gasteiger partial charge is 0.486 e. The number of fused-ring (bicyclic) bond motifs is 1. The van der Waals surface area contributed by atoms with Crippen LogP contribution in [-0.2, 0) is 9.59 Å². The van der Waals surface area contributed by atoms with Crippen LogP contribution in [0.25, 0.3) is 0 Å². The lowest BCUT2D eigenvalue weighted by Crippen LogP contribution is -2.50. The summed E-state index contributed by atoms with van der Waals surface area (Å²) in [6, 6.07) is 7.45. The molecular formula is C20H26N4O4. The van der Waals surface area contributed by atoms with Gasteiger partial charge in [0.1, 0.15) is 18.8 Å². The molecule has 2 aliphatic rings. The summed E-state index contributed by atoms with van der Waals surface area (Å²) in [6.07, 6.45) is 1.92. The van der Waals surface area contributed by atoms with Gasteiger partial charge in [0.2, 0.25) is 11.8 Å². The number of amides is 2. The first-order valence-electron chi connectivity index (χ1n) is 9.57. The van der Waals surface area contributed by atoms with Gasteiger partial charge in [-0.2, -0.15) is 5.26 Å². The van der Waals surface area contributed by atoms with Gasteiger partial charge in [-0.05, 0) is 44.4 Å².